The number of nitrogens with zero attached hydrogens (tertiary/aromatic N) is 1. The Labute approximate surface area is 152 Å². The average molecular weight is 420 g/mol. The van der Waals surface area contributed by atoms with Crippen LogP contribution in [0.25, 0.3) is 6.08 Å². The topological polar surface area (TPSA) is 54.0 Å². The second kappa shape index (κ2) is 8.62. The van der Waals surface area contributed by atoms with E-state index in [2.05, 4.69) is 15.9 Å². The maximum Gasteiger partial charge on any atom is 0.509 e. The first-order chi connectivity index (χ1) is 11.8. The Morgan fingerprint density at radius 1 is 1.20 bits per heavy atom. The molecule has 136 valence electrons. The molecule has 1 heterocycles. The number of amides is 2. The summed E-state index contributed by atoms with van der Waals surface area (Å²) in [4.78, 5) is 24.7. The third kappa shape index (κ3) is 6.28. The number of rotatable bonds is 4. The van der Waals surface area contributed by atoms with Crippen molar-refractivity contribution in [3.8, 4) is 0 Å². The van der Waals surface area contributed by atoms with Crippen LogP contribution in [0.15, 0.2) is 34.8 Å². The third-order valence-electron chi connectivity index (χ3n) is 4.13. The van der Waals surface area contributed by atoms with Gasteiger partial charge in [0.25, 0.3) is 0 Å². The molecule has 1 fully saturated rings. The number of carbonyl (C=O) groups is 2. The summed E-state index contributed by atoms with van der Waals surface area (Å²) in [6.45, 7) is 1.08. The van der Waals surface area contributed by atoms with Gasteiger partial charge in [-0.3, -0.25) is 10.1 Å². The summed E-state index contributed by atoms with van der Waals surface area (Å²) < 4.78 is 37.5. The zero-order valence-corrected chi connectivity index (χ0v) is 15.0. The first-order valence-electron chi connectivity index (χ1n) is 7.92. The minimum absolute atomic E-state index is 0.00537. The summed E-state index contributed by atoms with van der Waals surface area (Å²) in [5.41, 5.74) is 0.909. The maximum absolute atomic E-state index is 12.2. The highest BCUT2D eigenvalue weighted by Gasteiger charge is 2.43. The van der Waals surface area contributed by atoms with Crippen molar-refractivity contribution in [1.29, 1.82) is 0 Å². The van der Waals surface area contributed by atoms with Gasteiger partial charge in [-0.05, 0) is 36.6 Å². The van der Waals surface area contributed by atoms with Gasteiger partial charge in [-0.25, -0.2) is 4.79 Å². The molecule has 8 heteroatoms. The summed E-state index contributed by atoms with van der Waals surface area (Å²) >= 11 is 3.34. The molecule has 1 aliphatic heterocycles. The van der Waals surface area contributed by atoms with E-state index in [1.54, 1.807) is 11.0 Å². The van der Waals surface area contributed by atoms with Crippen molar-refractivity contribution in [2.45, 2.75) is 19.0 Å². The van der Waals surface area contributed by atoms with E-state index >= 15 is 0 Å². The lowest BCUT2D eigenvalue weighted by atomic mass is 9.96. The number of quaternary nitrogens is 1. The monoisotopic (exact) mass is 419 g/mol. The standard InChI is InChI=1S/C17H18BrF3N2O2/c18-14-4-1-12(2-5-14)3-6-15(24)23-9-7-13(8-10-23)11-22-16(25)17(19,20)21/h1-6,13H,7-11H2,(H,22,25)/p+1/b6-3+. The van der Waals surface area contributed by atoms with Crippen LogP contribution in [-0.2, 0) is 9.59 Å². The number of benzene rings is 1. The number of nitrogens with two attached hydrogens (primary N) is 1. The Hall–Kier alpha value is -1.67. The number of primary amides is 1. The molecule has 0 radical (unpaired) electrons. The van der Waals surface area contributed by atoms with Gasteiger partial charge in [0.05, 0.1) is 6.54 Å². The quantitative estimate of drug-likeness (QED) is 0.761. The lowest BCUT2D eigenvalue weighted by molar-refractivity contribution is -0.588. The zero-order chi connectivity index (χ0) is 18.4. The molecule has 1 aromatic rings. The molecular weight excluding hydrogens is 401 g/mol. The Morgan fingerprint density at radius 2 is 1.80 bits per heavy atom. The number of carbonyl (C=O) groups excluding carboxylic acids is 2. The smallest absolute Gasteiger partial charge is 0.339 e. The number of hydrogen-bond acceptors (Lipinski definition) is 2. The van der Waals surface area contributed by atoms with Gasteiger partial charge in [0.2, 0.25) is 5.91 Å². The molecule has 2 rings (SSSR count). The van der Waals surface area contributed by atoms with Crippen LogP contribution < -0.4 is 5.32 Å². The van der Waals surface area contributed by atoms with Gasteiger partial charge < -0.3 is 4.90 Å². The molecule has 0 unspecified atom stereocenters. The summed E-state index contributed by atoms with van der Waals surface area (Å²) in [7, 11) is 0. The molecule has 2 amide bonds. The predicted octanol–water partition coefficient (Wildman–Crippen LogP) is 2.35. The molecule has 0 saturated carbocycles. The van der Waals surface area contributed by atoms with Crippen LogP contribution in [0, 0.1) is 5.92 Å². The molecule has 0 atom stereocenters. The van der Waals surface area contributed by atoms with Gasteiger partial charge in [-0.15, -0.1) is 0 Å². The number of halogens is 4. The first kappa shape index (κ1) is 19.7. The Bertz CT molecular complexity index is 636. The van der Waals surface area contributed by atoms with Crippen molar-refractivity contribution in [3.63, 3.8) is 0 Å². The van der Waals surface area contributed by atoms with Gasteiger partial charge in [0.15, 0.2) is 0 Å². The minimum Gasteiger partial charge on any atom is -0.339 e. The highest BCUT2D eigenvalue weighted by Crippen LogP contribution is 2.17. The van der Waals surface area contributed by atoms with Crippen molar-refractivity contribution < 1.29 is 28.1 Å². The van der Waals surface area contributed by atoms with E-state index in [-0.39, 0.29) is 18.4 Å². The van der Waals surface area contributed by atoms with Crippen LogP contribution in [0.3, 0.4) is 0 Å². The van der Waals surface area contributed by atoms with E-state index in [9.17, 15) is 22.8 Å². The van der Waals surface area contributed by atoms with Crippen LogP contribution >= 0.6 is 15.9 Å². The normalized spacial score (nSPS) is 16.4. The molecule has 0 bridgehead atoms. The Morgan fingerprint density at radius 3 is 2.36 bits per heavy atom. The highest BCUT2D eigenvalue weighted by molar-refractivity contribution is 9.10. The van der Waals surface area contributed by atoms with Crippen LogP contribution in [-0.4, -0.2) is 42.5 Å². The molecule has 25 heavy (non-hydrogen) atoms. The average Bonchev–Trinajstić information content (AvgIpc) is 2.58. The van der Waals surface area contributed by atoms with E-state index in [1.165, 1.54) is 6.08 Å². The predicted molar refractivity (Wildman–Crippen MR) is 90.3 cm³/mol. The van der Waals surface area contributed by atoms with E-state index in [4.69, 9.17) is 0 Å². The van der Waals surface area contributed by atoms with E-state index in [1.807, 2.05) is 24.3 Å². The highest BCUT2D eigenvalue weighted by atomic mass is 79.9. The largest absolute Gasteiger partial charge is 0.509 e. The van der Waals surface area contributed by atoms with Crippen molar-refractivity contribution >= 4 is 33.8 Å². The van der Waals surface area contributed by atoms with E-state index < -0.39 is 12.1 Å². The molecule has 0 aromatic heterocycles. The fourth-order valence-electron chi connectivity index (χ4n) is 2.63. The van der Waals surface area contributed by atoms with Crippen molar-refractivity contribution in [2.75, 3.05) is 19.6 Å². The van der Waals surface area contributed by atoms with Gasteiger partial charge in [-0.2, -0.15) is 13.2 Å². The number of hydrogen-bond donors (Lipinski definition) is 1. The van der Waals surface area contributed by atoms with E-state index in [0.717, 1.165) is 15.4 Å². The van der Waals surface area contributed by atoms with Crippen LogP contribution in [0.5, 0.6) is 0 Å². The second-order valence-corrected chi connectivity index (χ2v) is 6.87. The lowest BCUT2D eigenvalue weighted by Crippen LogP contribution is -2.92. The fourth-order valence-corrected chi connectivity index (χ4v) is 2.89. The number of alkyl halides is 3. The van der Waals surface area contributed by atoms with Gasteiger partial charge in [-0.1, -0.05) is 28.1 Å². The lowest BCUT2D eigenvalue weighted by Gasteiger charge is -2.30. The maximum atomic E-state index is 12.2. The summed E-state index contributed by atoms with van der Waals surface area (Å²) in [5.74, 6) is -1.90. The van der Waals surface area contributed by atoms with Crippen LogP contribution in [0.4, 0.5) is 13.2 Å². The van der Waals surface area contributed by atoms with Crippen molar-refractivity contribution in [1.82, 2.24) is 4.90 Å². The second-order valence-electron chi connectivity index (χ2n) is 5.96. The van der Waals surface area contributed by atoms with Crippen molar-refractivity contribution in [3.05, 3.63) is 40.4 Å². The number of piperidine rings is 1. The molecule has 1 saturated heterocycles. The number of likely N-dealkylation sites (tertiary alicyclic amines) is 1. The molecular formula is C17H19BrF3N2O2+. The third-order valence-corrected chi connectivity index (χ3v) is 4.66. The van der Waals surface area contributed by atoms with Crippen LogP contribution in [0.2, 0.25) is 0 Å². The molecule has 1 aromatic carbocycles. The van der Waals surface area contributed by atoms with Gasteiger partial charge in [0.1, 0.15) is 0 Å². The zero-order valence-electron chi connectivity index (χ0n) is 13.4. The minimum atomic E-state index is -4.80. The van der Waals surface area contributed by atoms with Gasteiger partial charge in [0, 0.05) is 29.6 Å². The molecule has 0 spiro atoms. The molecule has 4 nitrogen and oxygen atoms in total. The molecule has 2 N–H and O–H groups in total. The van der Waals surface area contributed by atoms with Gasteiger partial charge >= 0.3 is 12.1 Å². The Balaban J connectivity index is 1.76. The summed E-state index contributed by atoms with van der Waals surface area (Å²) in [5, 5.41) is 0.718. The van der Waals surface area contributed by atoms with Crippen molar-refractivity contribution in [2.24, 2.45) is 5.92 Å². The van der Waals surface area contributed by atoms with Crippen LogP contribution in [0.1, 0.15) is 18.4 Å². The first-order valence-corrected chi connectivity index (χ1v) is 8.72. The molecule has 1 aliphatic rings. The fraction of sp³-hybridized carbons (Fsp3) is 0.412. The summed E-state index contributed by atoms with van der Waals surface area (Å²) in [6, 6.07) is 7.53. The SMILES string of the molecule is O=C(/C=C/c1ccc(Br)cc1)N1CCC(C[NH2+]C(=O)C(F)(F)F)CC1. The Kier molecular flexibility index (Phi) is 6.78. The molecule has 0 aliphatic carbocycles. The summed E-state index contributed by atoms with van der Waals surface area (Å²) in [6.07, 6.45) is -0.368. The van der Waals surface area contributed by atoms with E-state index in [0.29, 0.717) is 25.9 Å².